The van der Waals surface area contributed by atoms with E-state index in [2.05, 4.69) is 0 Å². The van der Waals surface area contributed by atoms with Crippen molar-refractivity contribution < 1.29 is 27.4 Å². The Kier molecular flexibility index (Phi) is 6.49. The fourth-order valence-corrected chi connectivity index (χ4v) is 4.08. The first kappa shape index (κ1) is 19.3. The molecular formula is C16H21NO7S. The van der Waals surface area contributed by atoms with Crippen LogP contribution in [0.2, 0.25) is 0 Å². The van der Waals surface area contributed by atoms with Crippen LogP contribution in [0.1, 0.15) is 44.9 Å². The second kappa shape index (κ2) is 8.39. The number of nitrogens with zero attached hydrogens (tertiary/aromatic N) is 1. The van der Waals surface area contributed by atoms with E-state index in [0.29, 0.717) is 12.3 Å². The fourth-order valence-electron chi connectivity index (χ4n) is 3.02. The number of carboxylic acids is 1. The number of carboxylic acid groups (broad SMARTS) is 1. The van der Waals surface area contributed by atoms with E-state index in [1.54, 1.807) is 0 Å². The van der Waals surface area contributed by atoms with E-state index in [4.69, 9.17) is 4.18 Å². The summed E-state index contributed by atoms with van der Waals surface area (Å²) < 4.78 is 29.3. The van der Waals surface area contributed by atoms with Gasteiger partial charge in [0.1, 0.15) is 0 Å². The van der Waals surface area contributed by atoms with Crippen molar-refractivity contribution in [3.63, 3.8) is 0 Å². The van der Waals surface area contributed by atoms with Gasteiger partial charge in [-0.05, 0) is 30.9 Å². The molecule has 1 atom stereocenters. The number of aliphatic carboxylic acids is 1. The molecule has 9 heteroatoms. The van der Waals surface area contributed by atoms with Gasteiger partial charge in [0.05, 0.1) is 9.82 Å². The molecule has 0 aromatic heterocycles. The van der Waals surface area contributed by atoms with Crippen LogP contribution in [0, 0.1) is 16.0 Å². The Bertz CT molecular complexity index is 709. The lowest BCUT2D eigenvalue weighted by atomic mass is 9.85. The summed E-state index contributed by atoms with van der Waals surface area (Å²) in [5.41, 5.74) is -0.258. The highest BCUT2D eigenvalue weighted by Gasteiger charge is 2.28. The minimum Gasteiger partial charge on any atom is -0.479 e. The molecule has 0 radical (unpaired) electrons. The maximum Gasteiger partial charge on any atom is 0.334 e. The summed E-state index contributed by atoms with van der Waals surface area (Å²) in [4.78, 5) is 21.0. The molecule has 1 aromatic carbocycles. The van der Waals surface area contributed by atoms with Gasteiger partial charge in [0.2, 0.25) is 0 Å². The average molecular weight is 371 g/mol. The molecule has 2 rings (SSSR count). The fraction of sp³-hybridized carbons (Fsp3) is 0.562. The second-order valence-corrected chi connectivity index (χ2v) is 7.78. The van der Waals surface area contributed by atoms with Crippen LogP contribution in [0.5, 0.6) is 0 Å². The monoisotopic (exact) mass is 371 g/mol. The van der Waals surface area contributed by atoms with Gasteiger partial charge in [0, 0.05) is 12.1 Å². The molecule has 0 spiro atoms. The van der Waals surface area contributed by atoms with Crippen LogP contribution >= 0.6 is 0 Å². The maximum absolute atomic E-state index is 12.2. The Labute approximate surface area is 146 Å². The minimum atomic E-state index is -4.30. The van der Waals surface area contributed by atoms with Crippen LogP contribution in [0.4, 0.5) is 5.69 Å². The van der Waals surface area contributed by atoms with Gasteiger partial charge in [0.15, 0.2) is 6.10 Å². The lowest BCUT2D eigenvalue weighted by Crippen LogP contribution is -2.28. The van der Waals surface area contributed by atoms with Crippen LogP contribution in [-0.4, -0.2) is 30.5 Å². The van der Waals surface area contributed by atoms with Gasteiger partial charge in [-0.3, -0.25) is 14.3 Å². The molecule has 1 aliphatic rings. The van der Waals surface area contributed by atoms with E-state index >= 15 is 0 Å². The van der Waals surface area contributed by atoms with E-state index in [1.807, 2.05) is 0 Å². The summed E-state index contributed by atoms with van der Waals surface area (Å²) in [7, 11) is -4.30. The maximum atomic E-state index is 12.2. The second-order valence-electron chi connectivity index (χ2n) is 6.21. The zero-order valence-corrected chi connectivity index (χ0v) is 14.5. The molecule has 1 N–H and O–H groups in total. The van der Waals surface area contributed by atoms with Crippen molar-refractivity contribution in [3.8, 4) is 0 Å². The number of rotatable bonds is 8. The number of hydrogen-bond donors (Lipinski definition) is 1. The quantitative estimate of drug-likeness (QED) is 0.423. The largest absolute Gasteiger partial charge is 0.479 e. The van der Waals surface area contributed by atoms with Gasteiger partial charge in [-0.1, -0.05) is 32.1 Å². The van der Waals surface area contributed by atoms with E-state index in [1.165, 1.54) is 6.42 Å². The van der Waals surface area contributed by atoms with Crippen molar-refractivity contribution in [1.82, 2.24) is 0 Å². The van der Waals surface area contributed by atoms with Crippen molar-refractivity contribution >= 4 is 21.8 Å². The van der Waals surface area contributed by atoms with Crippen molar-refractivity contribution in [1.29, 1.82) is 0 Å². The molecule has 138 valence electrons. The third-order valence-corrected chi connectivity index (χ3v) is 5.75. The van der Waals surface area contributed by atoms with Gasteiger partial charge < -0.3 is 5.11 Å². The number of non-ortho nitro benzene ring substituents is 1. The molecule has 0 amide bonds. The minimum absolute atomic E-state index is 0.117. The molecule has 0 bridgehead atoms. The highest BCUT2D eigenvalue weighted by Crippen LogP contribution is 2.29. The first-order valence-electron chi connectivity index (χ1n) is 8.20. The highest BCUT2D eigenvalue weighted by molar-refractivity contribution is 7.86. The number of hydrogen-bond acceptors (Lipinski definition) is 6. The van der Waals surface area contributed by atoms with E-state index < -0.39 is 27.1 Å². The van der Waals surface area contributed by atoms with Crippen molar-refractivity contribution in [2.24, 2.45) is 5.92 Å². The molecule has 1 saturated carbocycles. The van der Waals surface area contributed by atoms with Crippen molar-refractivity contribution in [2.45, 2.75) is 55.9 Å². The topological polar surface area (TPSA) is 124 Å². The molecule has 8 nitrogen and oxygen atoms in total. The molecule has 1 aromatic rings. The van der Waals surface area contributed by atoms with Crippen LogP contribution in [-0.2, 0) is 19.1 Å². The third kappa shape index (κ3) is 5.50. The number of nitro groups is 1. The normalized spacial score (nSPS) is 17.1. The number of benzene rings is 1. The van der Waals surface area contributed by atoms with Gasteiger partial charge in [-0.2, -0.15) is 8.42 Å². The third-order valence-electron chi connectivity index (χ3n) is 4.42. The Morgan fingerprint density at radius 3 is 2.36 bits per heavy atom. The van der Waals surface area contributed by atoms with Crippen molar-refractivity contribution in [3.05, 3.63) is 34.4 Å². The lowest BCUT2D eigenvalue weighted by molar-refractivity contribution is -0.384. The number of nitro benzene ring substituents is 1. The predicted octanol–water partition coefficient (Wildman–Crippen LogP) is 3.11. The van der Waals surface area contributed by atoms with E-state index in [9.17, 15) is 28.4 Å². The smallest absolute Gasteiger partial charge is 0.334 e. The molecule has 25 heavy (non-hydrogen) atoms. The van der Waals surface area contributed by atoms with Gasteiger partial charge >= 0.3 is 5.97 Å². The molecule has 1 fully saturated rings. The van der Waals surface area contributed by atoms with Crippen LogP contribution < -0.4 is 0 Å². The Balaban J connectivity index is 2.03. The zero-order chi connectivity index (χ0) is 18.4. The van der Waals surface area contributed by atoms with Crippen molar-refractivity contribution in [2.75, 3.05) is 0 Å². The average Bonchev–Trinajstić information content (AvgIpc) is 2.59. The molecule has 0 aliphatic heterocycles. The molecule has 0 unspecified atom stereocenters. The first-order chi connectivity index (χ1) is 11.8. The van der Waals surface area contributed by atoms with Gasteiger partial charge in [0.25, 0.3) is 15.8 Å². The Morgan fingerprint density at radius 2 is 1.84 bits per heavy atom. The summed E-state index contributed by atoms with van der Waals surface area (Å²) in [6, 6.07) is 4.14. The summed E-state index contributed by atoms with van der Waals surface area (Å²) in [5.74, 6) is -0.928. The van der Waals surface area contributed by atoms with Crippen LogP contribution in [0.25, 0.3) is 0 Å². The summed E-state index contributed by atoms with van der Waals surface area (Å²) in [5, 5.41) is 19.9. The Morgan fingerprint density at radius 1 is 1.24 bits per heavy atom. The zero-order valence-electron chi connectivity index (χ0n) is 13.7. The number of carbonyl (C=O) groups is 1. The van der Waals surface area contributed by atoms with Crippen LogP contribution in [0.3, 0.4) is 0 Å². The van der Waals surface area contributed by atoms with E-state index in [0.717, 1.165) is 49.9 Å². The van der Waals surface area contributed by atoms with Gasteiger partial charge in [-0.15, -0.1) is 0 Å². The summed E-state index contributed by atoms with van der Waals surface area (Å²) >= 11 is 0. The molecule has 1 aliphatic carbocycles. The predicted molar refractivity (Wildman–Crippen MR) is 88.6 cm³/mol. The molecular weight excluding hydrogens is 350 g/mol. The molecule has 0 saturated heterocycles. The standard InChI is InChI=1S/C16H21NO7S/c18-16(19)15(11-6-12-4-2-1-3-5-12)24-25(22,23)14-9-7-13(8-10-14)17(20)21/h7-10,12,15H,1-6,11H2,(H,18,19)/t15-/m1/s1. The lowest BCUT2D eigenvalue weighted by Gasteiger charge is -2.22. The Hall–Kier alpha value is -2.00. The summed E-state index contributed by atoms with van der Waals surface area (Å²) in [6.45, 7) is 0. The SMILES string of the molecule is O=C(O)[C@@H](CCC1CCCCC1)OS(=O)(=O)c1ccc([N+](=O)[O-])cc1. The van der Waals surface area contributed by atoms with E-state index in [-0.39, 0.29) is 17.0 Å². The molecule has 0 heterocycles. The highest BCUT2D eigenvalue weighted by atomic mass is 32.2. The summed E-state index contributed by atoms with van der Waals surface area (Å²) in [6.07, 6.45) is 4.74. The van der Waals surface area contributed by atoms with Crippen LogP contribution in [0.15, 0.2) is 29.2 Å². The first-order valence-corrected chi connectivity index (χ1v) is 9.61. The van der Waals surface area contributed by atoms with Gasteiger partial charge in [-0.25, -0.2) is 4.79 Å².